The molecule has 2 amide bonds. The van der Waals surface area contributed by atoms with Crippen LogP contribution < -0.4 is 5.32 Å². The van der Waals surface area contributed by atoms with E-state index in [9.17, 15) is 18.4 Å². The fraction of sp³-hybridized carbons (Fsp3) is 0.560. The van der Waals surface area contributed by atoms with Crippen molar-refractivity contribution in [2.75, 3.05) is 34.3 Å². The van der Waals surface area contributed by atoms with E-state index in [1.165, 1.54) is 12.1 Å². The highest BCUT2D eigenvalue weighted by molar-refractivity contribution is 5.94. The number of halogens is 2. The van der Waals surface area contributed by atoms with E-state index >= 15 is 0 Å². The Labute approximate surface area is 203 Å². The van der Waals surface area contributed by atoms with Crippen molar-refractivity contribution in [3.63, 3.8) is 0 Å². The Morgan fingerprint density at radius 2 is 2.00 bits per heavy atom. The third-order valence-electron chi connectivity index (χ3n) is 7.11. The zero-order valence-corrected chi connectivity index (χ0v) is 20.3. The van der Waals surface area contributed by atoms with E-state index in [0.717, 1.165) is 44.4 Å². The summed E-state index contributed by atoms with van der Waals surface area (Å²) >= 11 is 0. The molecule has 1 saturated carbocycles. The number of nitrogens with zero attached hydrogens (tertiary/aromatic N) is 3. The lowest BCUT2D eigenvalue weighted by Crippen LogP contribution is -2.58. The van der Waals surface area contributed by atoms with Gasteiger partial charge < -0.3 is 19.5 Å². The predicted octanol–water partition coefficient (Wildman–Crippen LogP) is 3.09. The molecular formula is C25H32F2N4O4. The van der Waals surface area contributed by atoms with Crippen molar-refractivity contribution < 1.29 is 27.6 Å². The van der Waals surface area contributed by atoms with Gasteiger partial charge in [-0.05, 0) is 44.2 Å². The minimum atomic E-state index is -0.810. The molecule has 2 aromatic rings. The number of rotatable bonds is 6. The molecule has 8 nitrogen and oxygen atoms in total. The number of carbonyl (C=O) groups is 2. The summed E-state index contributed by atoms with van der Waals surface area (Å²) in [6.45, 7) is 1.31. The van der Waals surface area contributed by atoms with Crippen LogP contribution in [-0.2, 0) is 9.53 Å². The highest BCUT2D eigenvalue weighted by Gasteiger charge is 2.39. The summed E-state index contributed by atoms with van der Waals surface area (Å²) < 4.78 is 38.0. The Morgan fingerprint density at radius 3 is 2.71 bits per heavy atom. The lowest BCUT2D eigenvalue weighted by Gasteiger charge is -2.44. The van der Waals surface area contributed by atoms with Gasteiger partial charge in [-0.15, -0.1) is 0 Å². The highest BCUT2D eigenvalue weighted by atomic mass is 19.1. The molecule has 4 unspecified atom stereocenters. The Hall–Kier alpha value is -2.85. The van der Waals surface area contributed by atoms with Crippen molar-refractivity contribution in [3.05, 3.63) is 41.6 Å². The normalized spacial score (nSPS) is 25.3. The second-order valence-electron chi connectivity index (χ2n) is 9.58. The number of methoxy groups -OCH3 is 1. The molecule has 1 aliphatic carbocycles. The van der Waals surface area contributed by atoms with Gasteiger partial charge in [-0.2, -0.15) is 0 Å². The van der Waals surface area contributed by atoms with E-state index in [1.54, 1.807) is 26.1 Å². The Morgan fingerprint density at radius 1 is 1.20 bits per heavy atom. The first-order valence-corrected chi connectivity index (χ1v) is 12.0. The average Bonchev–Trinajstić information content (AvgIpc) is 3.34. The molecule has 0 radical (unpaired) electrons. The van der Waals surface area contributed by atoms with Gasteiger partial charge in [0.15, 0.2) is 11.5 Å². The standard InChI is InChI=1S/C25H32F2N4O4/c1-30(2)25(33)19-14-31(16-5-4-6-17(12-16)34-3)10-9-21(19)28-24(32)22-13-23(35-29-22)18-8-7-15(26)11-20(18)27/h7-8,11,13,16-17,19,21H,4-6,9-10,12,14H2,1-3H3,(H,28,32). The summed E-state index contributed by atoms with van der Waals surface area (Å²) in [6.07, 6.45) is 5.01. The molecule has 35 heavy (non-hydrogen) atoms. The fourth-order valence-electron chi connectivity index (χ4n) is 5.17. The number of ether oxygens (including phenoxy) is 1. The predicted molar refractivity (Wildman–Crippen MR) is 125 cm³/mol. The molecule has 4 atom stereocenters. The molecule has 0 spiro atoms. The van der Waals surface area contributed by atoms with Crippen molar-refractivity contribution in [2.24, 2.45) is 5.92 Å². The van der Waals surface area contributed by atoms with Crippen molar-refractivity contribution in [3.8, 4) is 11.3 Å². The molecule has 1 aliphatic heterocycles. The lowest BCUT2D eigenvalue weighted by atomic mass is 9.86. The third kappa shape index (κ3) is 5.70. The number of hydrogen-bond acceptors (Lipinski definition) is 6. The zero-order valence-electron chi connectivity index (χ0n) is 20.3. The molecule has 190 valence electrons. The molecule has 2 fully saturated rings. The smallest absolute Gasteiger partial charge is 0.273 e. The van der Waals surface area contributed by atoms with Crippen molar-refractivity contribution in [2.45, 2.75) is 50.3 Å². The van der Waals surface area contributed by atoms with E-state index in [0.29, 0.717) is 19.0 Å². The van der Waals surface area contributed by atoms with Crippen LogP contribution in [0, 0.1) is 17.6 Å². The molecule has 10 heteroatoms. The molecule has 4 rings (SSSR count). The number of likely N-dealkylation sites (tertiary alicyclic amines) is 1. The maximum atomic E-state index is 14.1. The van der Waals surface area contributed by atoms with Crippen LogP contribution in [0.15, 0.2) is 28.8 Å². The molecular weight excluding hydrogens is 458 g/mol. The second kappa shape index (κ2) is 10.8. The summed E-state index contributed by atoms with van der Waals surface area (Å²) in [7, 11) is 5.17. The maximum Gasteiger partial charge on any atom is 0.273 e. The highest BCUT2D eigenvalue weighted by Crippen LogP contribution is 2.30. The summed E-state index contributed by atoms with van der Waals surface area (Å²) in [5.41, 5.74) is -0.0220. The number of carbonyl (C=O) groups excluding carboxylic acids is 2. The maximum absolute atomic E-state index is 14.1. The number of piperidine rings is 1. The van der Waals surface area contributed by atoms with Gasteiger partial charge in [-0.3, -0.25) is 14.5 Å². The van der Waals surface area contributed by atoms with Crippen LogP contribution >= 0.6 is 0 Å². The van der Waals surface area contributed by atoms with Gasteiger partial charge in [0.2, 0.25) is 5.91 Å². The van der Waals surface area contributed by atoms with Crippen molar-refractivity contribution in [1.82, 2.24) is 20.3 Å². The Bertz CT molecular complexity index is 1060. The number of benzene rings is 1. The number of aromatic nitrogens is 1. The Balaban J connectivity index is 1.46. The van der Waals surface area contributed by atoms with E-state index in [2.05, 4.69) is 15.4 Å². The molecule has 0 bridgehead atoms. The first-order chi connectivity index (χ1) is 16.8. The molecule has 1 aromatic carbocycles. The molecule has 1 N–H and O–H groups in total. The van der Waals surface area contributed by atoms with Crippen molar-refractivity contribution >= 4 is 11.8 Å². The number of nitrogens with one attached hydrogen (secondary N) is 1. The van der Waals surface area contributed by atoms with Crippen LogP contribution in [0.3, 0.4) is 0 Å². The molecule has 2 aliphatic rings. The van der Waals surface area contributed by atoms with Crippen LogP contribution in [0.4, 0.5) is 8.78 Å². The van der Waals surface area contributed by atoms with Gasteiger partial charge >= 0.3 is 0 Å². The van der Waals surface area contributed by atoms with Gasteiger partial charge in [0, 0.05) is 58.5 Å². The van der Waals surface area contributed by atoms with Crippen LogP contribution in [0.1, 0.15) is 42.6 Å². The molecule has 1 saturated heterocycles. The second-order valence-corrected chi connectivity index (χ2v) is 9.58. The zero-order chi connectivity index (χ0) is 25.1. The van der Waals surface area contributed by atoms with E-state index < -0.39 is 23.5 Å². The van der Waals surface area contributed by atoms with Crippen molar-refractivity contribution in [1.29, 1.82) is 0 Å². The largest absolute Gasteiger partial charge is 0.381 e. The van der Waals surface area contributed by atoms with Gasteiger partial charge in [0.1, 0.15) is 11.6 Å². The van der Waals surface area contributed by atoms with Gasteiger partial charge in [-0.1, -0.05) is 5.16 Å². The van der Waals surface area contributed by atoms with E-state index in [-0.39, 0.29) is 35.1 Å². The first-order valence-electron chi connectivity index (χ1n) is 12.0. The third-order valence-corrected chi connectivity index (χ3v) is 7.11. The topological polar surface area (TPSA) is 87.9 Å². The first kappa shape index (κ1) is 25.2. The van der Waals surface area contributed by atoms with Gasteiger partial charge in [0.25, 0.3) is 5.91 Å². The Kier molecular flexibility index (Phi) is 7.81. The average molecular weight is 491 g/mol. The minimum absolute atomic E-state index is 0.00812. The van der Waals surface area contributed by atoms with Crippen LogP contribution in [-0.4, -0.2) is 79.3 Å². The lowest BCUT2D eigenvalue weighted by molar-refractivity contribution is -0.136. The van der Waals surface area contributed by atoms with Crippen LogP contribution in [0.2, 0.25) is 0 Å². The molecule has 1 aromatic heterocycles. The SMILES string of the molecule is COC1CCCC(N2CCC(NC(=O)c3cc(-c4ccc(F)cc4F)on3)C(C(=O)N(C)C)C2)C1. The monoisotopic (exact) mass is 490 g/mol. The number of hydrogen-bond donors (Lipinski definition) is 1. The number of amides is 2. The summed E-state index contributed by atoms with van der Waals surface area (Å²) in [5.74, 6) is -2.46. The fourth-order valence-corrected chi connectivity index (χ4v) is 5.17. The van der Waals surface area contributed by atoms with Crippen LogP contribution in [0.5, 0.6) is 0 Å². The van der Waals surface area contributed by atoms with Gasteiger partial charge in [0.05, 0.1) is 17.6 Å². The summed E-state index contributed by atoms with van der Waals surface area (Å²) in [5, 5.41) is 6.70. The minimum Gasteiger partial charge on any atom is -0.381 e. The van der Waals surface area contributed by atoms with E-state index in [1.807, 2.05) is 0 Å². The molecule has 2 heterocycles. The quantitative estimate of drug-likeness (QED) is 0.670. The van der Waals surface area contributed by atoms with Crippen LogP contribution in [0.25, 0.3) is 11.3 Å². The van der Waals surface area contributed by atoms with E-state index in [4.69, 9.17) is 9.26 Å². The summed E-state index contributed by atoms with van der Waals surface area (Å²) in [6, 6.07) is 4.37. The van der Waals surface area contributed by atoms with Gasteiger partial charge in [-0.25, -0.2) is 8.78 Å². The summed E-state index contributed by atoms with van der Waals surface area (Å²) in [4.78, 5) is 29.9.